The van der Waals surface area contributed by atoms with Gasteiger partial charge in [-0.1, -0.05) is 25.1 Å². The largest absolute Gasteiger partial charge is 0.344 e. The predicted octanol–water partition coefficient (Wildman–Crippen LogP) is 4.44. The molecule has 3 heteroatoms. The van der Waals surface area contributed by atoms with Crippen LogP contribution >= 0.6 is 0 Å². The van der Waals surface area contributed by atoms with Crippen LogP contribution in [0.2, 0.25) is 0 Å². The predicted molar refractivity (Wildman–Crippen MR) is 87.8 cm³/mol. The molecule has 0 saturated heterocycles. The van der Waals surface area contributed by atoms with Crippen LogP contribution in [0.15, 0.2) is 42.5 Å². The lowest BCUT2D eigenvalue weighted by Gasteiger charge is -2.25. The zero-order valence-corrected chi connectivity index (χ0v) is 13.2. The normalized spacial score (nSPS) is 12.2. The van der Waals surface area contributed by atoms with Crippen LogP contribution in [0.25, 0.3) is 0 Å². The zero-order valence-electron chi connectivity index (χ0n) is 13.2. The Kier molecular flexibility index (Phi) is 4.97. The number of hydrogen-bond acceptors (Lipinski definition) is 2. The van der Waals surface area contributed by atoms with E-state index in [1.807, 2.05) is 32.0 Å². The second kappa shape index (κ2) is 6.72. The topological polar surface area (TPSA) is 15.3 Å². The van der Waals surface area contributed by atoms with Crippen LogP contribution in [-0.4, -0.2) is 14.1 Å². The lowest BCUT2D eigenvalue weighted by atomic mass is 10.0. The van der Waals surface area contributed by atoms with Crippen molar-refractivity contribution in [3.05, 3.63) is 59.4 Å². The number of anilines is 2. The van der Waals surface area contributed by atoms with Gasteiger partial charge in [0.1, 0.15) is 5.82 Å². The lowest BCUT2D eigenvalue weighted by Crippen LogP contribution is -2.19. The number of benzene rings is 2. The van der Waals surface area contributed by atoms with E-state index in [-0.39, 0.29) is 11.9 Å². The Hall–Kier alpha value is -1.87. The number of nitrogens with one attached hydrogen (secondary N) is 1. The Labute approximate surface area is 126 Å². The molecular formula is C18H23FN2. The first-order valence-electron chi connectivity index (χ1n) is 7.36. The van der Waals surface area contributed by atoms with Gasteiger partial charge in [0.2, 0.25) is 0 Å². The summed E-state index contributed by atoms with van der Waals surface area (Å²) in [6.07, 6.45) is 1.02. The van der Waals surface area contributed by atoms with Crippen LogP contribution in [0.1, 0.15) is 31.0 Å². The van der Waals surface area contributed by atoms with Crippen molar-refractivity contribution < 1.29 is 4.39 Å². The summed E-state index contributed by atoms with van der Waals surface area (Å²) in [6, 6.07) is 13.6. The molecule has 0 aliphatic rings. The van der Waals surface area contributed by atoms with Gasteiger partial charge in [0.25, 0.3) is 0 Å². The molecule has 0 amide bonds. The first-order chi connectivity index (χ1) is 10.1. The maximum Gasteiger partial charge on any atom is 0.130 e. The van der Waals surface area contributed by atoms with Gasteiger partial charge in [-0.3, -0.25) is 0 Å². The molecule has 2 aromatic rings. The minimum absolute atomic E-state index is 0.0430. The molecule has 0 aromatic heterocycles. The molecule has 0 aliphatic carbocycles. The molecule has 1 unspecified atom stereocenters. The molecule has 21 heavy (non-hydrogen) atoms. The standard InChI is InChI=1S/C18H23FN2/c1-5-14-9-11-15(12-10-14)21(4)17-8-6-7-16(19)18(17)13(2)20-3/h6-13,20H,5H2,1-4H3. The van der Waals surface area contributed by atoms with E-state index in [4.69, 9.17) is 0 Å². The fraction of sp³-hybridized carbons (Fsp3) is 0.333. The molecule has 0 heterocycles. The molecule has 0 radical (unpaired) electrons. The third-order valence-electron chi connectivity index (χ3n) is 3.99. The van der Waals surface area contributed by atoms with Gasteiger partial charge >= 0.3 is 0 Å². The van der Waals surface area contributed by atoms with Crippen LogP contribution in [0, 0.1) is 5.82 Å². The molecule has 2 rings (SSSR count). The van der Waals surface area contributed by atoms with Crippen LogP contribution in [0.5, 0.6) is 0 Å². The molecule has 0 spiro atoms. The highest BCUT2D eigenvalue weighted by Crippen LogP contribution is 2.32. The van der Waals surface area contributed by atoms with Crippen molar-refractivity contribution >= 4 is 11.4 Å². The summed E-state index contributed by atoms with van der Waals surface area (Å²) in [5, 5.41) is 3.12. The fourth-order valence-electron chi connectivity index (χ4n) is 2.49. The monoisotopic (exact) mass is 286 g/mol. The summed E-state index contributed by atoms with van der Waals surface area (Å²) in [7, 11) is 3.82. The van der Waals surface area contributed by atoms with Gasteiger partial charge in [0.05, 0.1) is 0 Å². The lowest BCUT2D eigenvalue weighted by molar-refractivity contribution is 0.562. The summed E-state index contributed by atoms with van der Waals surface area (Å²) in [5.74, 6) is -0.175. The van der Waals surface area contributed by atoms with Crippen LogP contribution in [-0.2, 0) is 6.42 Å². The van der Waals surface area contributed by atoms with Gasteiger partial charge in [-0.15, -0.1) is 0 Å². The molecule has 0 saturated carbocycles. The molecule has 1 atom stereocenters. The molecule has 0 fully saturated rings. The van der Waals surface area contributed by atoms with E-state index in [1.54, 1.807) is 6.07 Å². The van der Waals surface area contributed by atoms with Gasteiger partial charge < -0.3 is 10.2 Å². The first-order valence-corrected chi connectivity index (χ1v) is 7.36. The number of rotatable bonds is 5. The molecule has 112 valence electrons. The minimum atomic E-state index is -0.175. The van der Waals surface area contributed by atoms with E-state index in [0.29, 0.717) is 5.56 Å². The van der Waals surface area contributed by atoms with Crippen molar-refractivity contribution in [1.29, 1.82) is 0 Å². The van der Waals surface area contributed by atoms with Crippen LogP contribution in [0.4, 0.5) is 15.8 Å². The van der Waals surface area contributed by atoms with Crippen LogP contribution in [0.3, 0.4) is 0 Å². The number of aryl methyl sites for hydroxylation is 1. The van der Waals surface area contributed by atoms with Gasteiger partial charge in [-0.25, -0.2) is 4.39 Å². The highest BCUT2D eigenvalue weighted by Gasteiger charge is 2.17. The fourth-order valence-corrected chi connectivity index (χ4v) is 2.49. The Bertz CT molecular complexity index is 593. The van der Waals surface area contributed by atoms with Gasteiger partial charge in [0.15, 0.2) is 0 Å². The second-order valence-corrected chi connectivity index (χ2v) is 5.26. The van der Waals surface area contributed by atoms with E-state index >= 15 is 0 Å². The third kappa shape index (κ3) is 3.24. The Morgan fingerprint density at radius 1 is 1.14 bits per heavy atom. The Morgan fingerprint density at radius 2 is 1.81 bits per heavy atom. The smallest absolute Gasteiger partial charge is 0.130 e. The average molecular weight is 286 g/mol. The number of hydrogen-bond donors (Lipinski definition) is 1. The van der Waals surface area contributed by atoms with Gasteiger partial charge in [-0.05, 0) is 50.2 Å². The summed E-state index contributed by atoms with van der Waals surface area (Å²) in [5.41, 5.74) is 3.95. The molecule has 2 nitrogen and oxygen atoms in total. The zero-order chi connectivity index (χ0) is 15.4. The first kappa shape index (κ1) is 15.5. The molecule has 0 aliphatic heterocycles. The summed E-state index contributed by atoms with van der Waals surface area (Å²) < 4.78 is 14.2. The number of halogens is 1. The summed E-state index contributed by atoms with van der Waals surface area (Å²) in [6.45, 7) is 4.11. The second-order valence-electron chi connectivity index (χ2n) is 5.26. The van der Waals surface area contributed by atoms with Crippen molar-refractivity contribution in [2.75, 3.05) is 19.0 Å². The van der Waals surface area contributed by atoms with Crippen molar-refractivity contribution in [3.8, 4) is 0 Å². The molecule has 1 N–H and O–H groups in total. The highest BCUT2D eigenvalue weighted by molar-refractivity contribution is 5.66. The molecule has 0 bridgehead atoms. The maximum atomic E-state index is 14.2. The maximum absolute atomic E-state index is 14.2. The SMILES string of the molecule is CCc1ccc(N(C)c2cccc(F)c2C(C)NC)cc1. The minimum Gasteiger partial charge on any atom is -0.344 e. The number of nitrogens with zero attached hydrogens (tertiary/aromatic N) is 1. The van der Waals surface area contributed by atoms with E-state index in [2.05, 4.69) is 36.5 Å². The van der Waals surface area contributed by atoms with Crippen LogP contribution < -0.4 is 10.2 Å². The van der Waals surface area contributed by atoms with E-state index in [9.17, 15) is 4.39 Å². The van der Waals surface area contributed by atoms with Crippen molar-refractivity contribution in [3.63, 3.8) is 0 Å². The highest BCUT2D eigenvalue weighted by atomic mass is 19.1. The van der Waals surface area contributed by atoms with Crippen molar-refractivity contribution in [2.24, 2.45) is 0 Å². The van der Waals surface area contributed by atoms with Gasteiger partial charge in [0, 0.05) is 30.0 Å². The third-order valence-corrected chi connectivity index (χ3v) is 3.99. The van der Waals surface area contributed by atoms with Gasteiger partial charge in [-0.2, -0.15) is 0 Å². The Morgan fingerprint density at radius 3 is 2.38 bits per heavy atom. The van der Waals surface area contributed by atoms with E-state index < -0.39 is 0 Å². The molecule has 2 aromatic carbocycles. The van der Waals surface area contributed by atoms with Crippen molar-refractivity contribution in [2.45, 2.75) is 26.3 Å². The quantitative estimate of drug-likeness (QED) is 0.874. The van der Waals surface area contributed by atoms with E-state index in [1.165, 1.54) is 11.6 Å². The molecular weight excluding hydrogens is 263 g/mol. The summed E-state index contributed by atoms with van der Waals surface area (Å²) in [4.78, 5) is 2.03. The average Bonchev–Trinajstić information content (AvgIpc) is 2.53. The summed E-state index contributed by atoms with van der Waals surface area (Å²) >= 11 is 0. The Balaban J connectivity index is 2.42. The van der Waals surface area contributed by atoms with E-state index in [0.717, 1.165) is 17.8 Å². The van der Waals surface area contributed by atoms with Crippen molar-refractivity contribution in [1.82, 2.24) is 5.32 Å².